The van der Waals surface area contributed by atoms with Crippen molar-refractivity contribution in [3.8, 4) is 5.75 Å². The van der Waals surface area contributed by atoms with Crippen LogP contribution in [-0.4, -0.2) is 73.8 Å². The third kappa shape index (κ3) is 4.75. The first-order chi connectivity index (χ1) is 16.1. The summed E-state index contributed by atoms with van der Waals surface area (Å²) in [6, 6.07) is 16.1. The molecule has 1 aliphatic heterocycles. The molecule has 0 aromatic heterocycles. The Morgan fingerprint density at radius 1 is 1.18 bits per heavy atom. The number of ether oxygens (including phenoxy) is 2. The highest BCUT2D eigenvalue weighted by Crippen LogP contribution is 2.44. The number of carbonyl (C=O) groups is 1. The van der Waals surface area contributed by atoms with Gasteiger partial charge in [0.15, 0.2) is 0 Å². The van der Waals surface area contributed by atoms with E-state index < -0.39 is 5.92 Å². The molecule has 5 rings (SSSR count). The average molecular weight is 450 g/mol. The lowest BCUT2D eigenvalue weighted by Gasteiger charge is -2.26. The summed E-state index contributed by atoms with van der Waals surface area (Å²) < 4.78 is 12.3. The first-order valence-corrected chi connectivity index (χ1v) is 11.8. The van der Waals surface area contributed by atoms with Gasteiger partial charge in [0, 0.05) is 31.6 Å². The Kier molecular flexibility index (Phi) is 6.33. The van der Waals surface area contributed by atoms with Crippen LogP contribution in [0, 0.1) is 11.1 Å². The Bertz CT molecular complexity index is 1030. The van der Waals surface area contributed by atoms with E-state index in [4.69, 9.17) is 9.47 Å². The van der Waals surface area contributed by atoms with Crippen molar-refractivity contribution >= 4 is 11.6 Å². The van der Waals surface area contributed by atoms with E-state index in [1.807, 2.05) is 48.5 Å². The van der Waals surface area contributed by atoms with E-state index in [2.05, 4.69) is 10.2 Å². The normalized spacial score (nSPS) is 24.3. The zero-order valence-electron chi connectivity index (χ0n) is 19.0. The third-order valence-electron chi connectivity index (χ3n) is 6.75. The summed E-state index contributed by atoms with van der Waals surface area (Å²) in [6.07, 6.45) is 2.01. The van der Waals surface area contributed by atoms with Crippen molar-refractivity contribution in [3.63, 3.8) is 0 Å². The Hall–Kier alpha value is -2.90. The van der Waals surface area contributed by atoms with E-state index in [0.717, 1.165) is 72.9 Å². The van der Waals surface area contributed by atoms with E-state index in [0.29, 0.717) is 12.3 Å². The average Bonchev–Trinajstić information content (AvgIpc) is 3.57. The van der Waals surface area contributed by atoms with Crippen molar-refractivity contribution in [3.05, 3.63) is 70.4 Å². The van der Waals surface area contributed by atoms with Crippen LogP contribution in [0.5, 0.6) is 5.75 Å². The molecule has 2 unspecified atom stereocenters. The fourth-order valence-electron chi connectivity index (χ4n) is 4.93. The predicted molar refractivity (Wildman–Crippen MR) is 126 cm³/mol. The van der Waals surface area contributed by atoms with Crippen molar-refractivity contribution in [1.82, 2.24) is 10.2 Å². The molecule has 1 saturated heterocycles. The van der Waals surface area contributed by atoms with Gasteiger partial charge in [-0.1, -0.05) is 36.4 Å². The summed E-state index contributed by atoms with van der Waals surface area (Å²) in [5.74, 6) is -0.116. The van der Waals surface area contributed by atoms with Gasteiger partial charge >= 0.3 is 0 Å². The summed E-state index contributed by atoms with van der Waals surface area (Å²) in [6.45, 7) is 4.76. The highest BCUT2D eigenvalue weighted by molar-refractivity contribution is 6.15. The number of morpholine rings is 1. The van der Waals surface area contributed by atoms with Crippen molar-refractivity contribution < 1.29 is 19.0 Å². The minimum atomic E-state index is -0.561. The van der Waals surface area contributed by atoms with Crippen LogP contribution in [0.25, 0.3) is 0 Å². The molecule has 1 amide bonds. The van der Waals surface area contributed by atoms with Gasteiger partial charge in [-0.15, -0.1) is 0 Å². The lowest BCUT2D eigenvalue weighted by molar-refractivity contribution is -0.424. The molecule has 1 N–H and O–H groups in total. The second kappa shape index (κ2) is 9.53. The van der Waals surface area contributed by atoms with Crippen LogP contribution in [0.15, 0.2) is 48.5 Å². The molecule has 174 valence electrons. The van der Waals surface area contributed by atoms with E-state index in [1.165, 1.54) is 7.05 Å². The molecule has 3 aliphatic rings. The van der Waals surface area contributed by atoms with Gasteiger partial charge in [0.2, 0.25) is 11.6 Å². The maximum atomic E-state index is 13.4. The zero-order valence-corrected chi connectivity index (χ0v) is 19.0. The molecule has 0 radical (unpaired) electrons. The maximum Gasteiger partial charge on any atom is 0.234 e. The Labute approximate surface area is 194 Å². The predicted octanol–water partition coefficient (Wildman–Crippen LogP) is 2.37. The number of hydrogen-bond donors (Lipinski definition) is 1. The van der Waals surface area contributed by atoms with Gasteiger partial charge in [0.1, 0.15) is 25.3 Å². The number of carbonyl (C=O) groups excluding carboxylic acids is 1. The van der Waals surface area contributed by atoms with Crippen molar-refractivity contribution in [2.45, 2.75) is 24.8 Å². The Morgan fingerprint density at radius 3 is 2.64 bits per heavy atom. The number of amides is 1. The minimum absolute atomic E-state index is 0.0740. The summed E-state index contributed by atoms with van der Waals surface area (Å²) in [5, 5.41) is 15.9. The van der Waals surface area contributed by atoms with Gasteiger partial charge in [-0.05, 0) is 36.1 Å². The van der Waals surface area contributed by atoms with Gasteiger partial charge in [-0.2, -0.15) is 0 Å². The van der Waals surface area contributed by atoms with Crippen LogP contribution < -0.4 is 10.1 Å². The molecular weight excluding hydrogens is 418 g/mol. The van der Waals surface area contributed by atoms with Gasteiger partial charge in [-0.3, -0.25) is 9.69 Å². The molecule has 2 atom stereocenters. The number of nitrogens with one attached hydrogen (secondary N) is 1. The quantitative estimate of drug-likeness (QED) is 0.399. The van der Waals surface area contributed by atoms with Crippen LogP contribution in [0.3, 0.4) is 0 Å². The molecule has 2 aliphatic carbocycles. The molecule has 2 aromatic carbocycles. The largest absolute Gasteiger partial charge is 0.624 e. The zero-order chi connectivity index (χ0) is 22.8. The topological polar surface area (TPSA) is 76.9 Å². The van der Waals surface area contributed by atoms with Crippen LogP contribution in [0.1, 0.15) is 35.4 Å². The van der Waals surface area contributed by atoms with E-state index in [9.17, 15) is 10.0 Å². The highest BCUT2D eigenvalue weighted by atomic mass is 16.5. The number of benzene rings is 2. The van der Waals surface area contributed by atoms with Gasteiger partial charge in [-0.25, -0.2) is 4.74 Å². The molecule has 0 bridgehead atoms. The monoisotopic (exact) mass is 449 g/mol. The minimum Gasteiger partial charge on any atom is -0.624 e. The number of rotatable bonds is 7. The molecule has 1 heterocycles. The molecule has 2 fully saturated rings. The van der Waals surface area contributed by atoms with Crippen LogP contribution >= 0.6 is 0 Å². The molecule has 7 heteroatoms. The van der Waals surface area contributed by atoms with Crippen molar-refractivity contribution in [2.24, 2.45) is 5.92 Å². The van der Waals surface area contributed by atoms with Crippen LogP contribution in [-0.2, 0) is 9.53 Å². The fourth-order valence-corrected chi connectivity index (χ4v) is 4.93. The molecule has 7 nitrogen and oxygen atoms in total. The molecule has 0 spiro atoms. The smallest absolute Gasteiger partial charge is 0.234 e. The molecular formula is C26H31N3O4. The number of hydrogen-bond acceptors (Lipinski definition) is 5. The van der Waals surface area contributed by atoms with E-state index in [1.54, 1.807) is 0 Å². The number of nitrogens with zero attached hydrogens (tertiary/aromatic N) is 2. The Morgan fingerprint density at radius 2 is 1.94 bits per heavy atom. The molecule has 33 heavy (non-hydrogen) atoms. The summed E-state index contributed by atoms with van der Waals surface area (Å²) in [7, 11) is 1.48. The van der Waals surface area contributed by atoms with Crippen molar-refractivity contribution in [2.75, 3.05) is 46.5 Å². The highest BCUT2D eigenvalue weighted by Gasteiger charge is 2.48. The first-order valence-electron chi connectivity index (χ1n) is 11.8. The number of hydroxylamine groups is 1. The second-order valence-corrected chi connectivity index (χ2v) is 9.08. The van der Waals surface area contributed by atoms with Crippen molar-refractivity contribution in [1.29, 1.82) is 0 Å². The van der Waals surface area contributed by atoms with Gasteiger partial charge in [0.05, 0.1) is 18.8 Å². The van der Waals surface area contributed by atoms with Gasteiger partial charge in [0.25, 0.3) is 0 Å². The second-order valence-electron chi connectivity index (χ2n) is 9.08. The first kappa shape index (κ1) is 21.9. The summed E-state index contributed by atoms with van der Waals surface area (Å²) in [5.41, 5.74) is 3.35. The standard InChI is InChI=1S/C26H31N3O4/c1-28(31)25-22-17-20(33-16-13-29-11-14-32-15-12-29)9-10-21(22)23(18-5-3-2-4-6-18)24(25)26(30)27-19-7-8-19/h2-6,9-10,17,19,23-24H,7-8,11-16H2,1H3,(H,27,30)/b28-25+. The number of fused-ring (bicyclic) bond motifs is 1. The van der Waals surface area contributed by atoms with Gasteiger partial charge < -0.3 is 20.0 Å². The lowest BCUT2D eigenvalue weighted by atomic mass is 9.85. The summed E-state index contributed by atoms with van der Waals surface area (Å²) >= 11 is 0. The lowest BCUT2D eigenvalue weighted by Crippen LogP contribution is -2.39. The van der Waals surface area contributed by atoms with Crippen LogP contribution in [0.2, 0.25) is 0 Å². The Balaban J connectivity index is 1.43. The van der Waals surface area contributed by atoms with E-state index >= 15 is 0 Å². The van der Waals surface area contributed by atoms with Crippen LogP contribution in [0.4, 0.5) is 0 Å². The fraction of sp³-hybridized carbons (Fsp3) is 0.462. The third-order valence-corrected chi connectivity index (χ3v) is 6.75. The van der Waals surface area contributed by atoms with E-state index in [-0.39, 0.29) is 17.9 Å². The SMILES string of the molecule is C/[N+]([O-])=C1/c2cc(OCCN3CCOCC3)ccc2C(c2ccccc2)C1C(=O)NC1CC1. The summed E-state index contributed by atoms with van der Waals surface area (Å²) in [4.78, 5) is 15.7. The maximum absolute atomic E-state index is 13.4. The molecule has 2 aromatic rings. The molecule has 1 saturated carbocycles.